The van der Waals surface area contributed by atoms with E-state index in [9.17, 15) is 9.59 Å². The van der Waals surface area contributed by atoms with E-state index in [0.29, 0.717) is 61.5 Å². The number of fused-ring (bicyclic) bond motifs is 1. The molecule has 0 bridgehead atoms. The molecule has 216 valence electrons. The molecule has 1 aliphatic rings. The molecule has 0 saturated carbocycles. The van der Waals surface area contributed by atoms with E-state index in [1.54, 1.807) is 69.2 Å². The predicted molar refractivity (Wildman–Crippen MR) is 163 cm³/mol. The van der Waals surface area contributed by atoms with E-state index in [2.05, 4.69) is 5.32 Å². The molecule has 10 heteroatoms. The molecule has 1 aromatic heterocycles. The van der Waals surface area contributed by atoms with E-state index < -0.39 is 6.04 Å². The number of aromatic nitrogens is 1. The quantitative estimate of drug-likeness (QED) is 0.315. The lowest BCUT2D eigenvalue weighted by Gasteiger charge is -2.26. The average Bonchev–Trinajstić information content (AvgIpc) is 3.30. The van der Waals surface area contributed by atoms with Gasteiger partial charge in [-0.15, -0.1) is 0 Å². The molecule has 1 N–H and O–H groups in total. The molecule has 5 rings (SSSR count). The van der Waals surface area contributed by atoms with Crippen LogP contribution in [0.5, 0.6) is 23.0 Å². The lowest BCUT2D eigenvalue weighted by molar-refractivity contribution is -0.113. The molecule has 0 spiro atoms. The number of allylic oxidation sites excluding steroid dienone is 1. The Morgan fingerprint density at radius 2 is 1.74 bits per heavy atom. The van der Waals surface area contributed by atoms with Gasteiger partial charge in [0.2, 0.25) is 0 Å². The summed E-state index contributed by atoms with van der Waals surface area (Å²) in [6.45, 7) is 4.14. The maximum Gasteiger partial charge on any atom is 0.271 e. The summed E-state index contributed by atoms with van der Waals surface area (Å²) in [4.78, 5) is 33.1. The molecule has 0 aliphatic carbocycles. The number of ether oxygens (including phenoxy) is 4. The normalized spacial score (nSPS) is 14.6. The summed E-state index contributed by atoms with van der Waals surface area (Å²) in [6, 6.07) is 19.2. The van der Waals surface area contributed by atoms with E-state index in [0.717, 1.165) is 5.56 Å². The second kappa shape index (κ2) is 12.4. The van der Waals surface area contributed by atoms with E-state index in [1.807, 2.05) is 43.3 Å². The Hall–Kier alpha value is -4.83. The summed E-state index contributed by atoms with van der Waals surface area (Å²) in [5.74, 6) is 1.88. The first-order chi connectivity index (χ1) is 20.4. The molecule has 1 aliphatic heterocycles. The van der Waals surface area contributed by atoms with Crippen LogP contribution in [-0.4, -0.2) is 38.4 Å². The molecule has 0 saturated heterocycles. The molecule has 1 atom stereocenters. The highest BCUT2D eigenvalue weighted by Crippen LogP contribution is 2.37. The smallest absolute Gasteiger partial charge is 0.271 e. The van der Waals surface area contributed by atoms with Crippen molar-refractivity contribution < 1.29 is 23.7 Å². The standard InChI is InChI=1S/C32H31N3O6S/c1-6-41-26-16-20(12-15-24(26)39-4)17-27-31(37)35-29(23-14-13-22(38-3)18-25(23)40-5)28(19(2)33-32(35)42-27)30(36)34-21-10-8-7-9-11-21/h7-18,29H,6H2,1-5H3,(H,34,36)/b27-17-/t29-/m0/s1. The van der Waals surface area contributed by atoms with Crippen LogP contribution in [0.4, 0.5) is 5.69 Å². The van der Waals surface area contributed by atoms with Crippen molar-refractivity contribution in [1.82, 2.24) is 4.57 Å². The fourth-order valence-corrected chi connectivity index (χ4v) is 5.92. The Labute approximate surface area is 247 Å². The van der Waals surface area contributed by atoms with Gasteiger partial charge in [-0.3, -0.25) is 14.2 Å². The van der Waals surface area contributed by atoms with Crippen molar-refractivity contribution in [2.24, 2.45) is 4.99 Å². The van der Waals surface area contributed by atoms with Gasteiger partial charge in [-0.25, -0.2) is 4.99 Å². The molecular formula is C32H31N3O6S. The van der Waals surface area contributed by atoms with Crippen molar-refractivity contribution in [1.29, 1.82) is 0 Å². The number of benzene rings is 3. The number of nitrogens with zero attached hydrogens (tertiary/aromatic N) is 2. The molecule has 0 unspecified atom stereocenters. The lowest BCUT2D eigenvalue weighted by atomic mass is 9.94. The number of para-hydroxylation sites is 1. The van der Waals surface area contributed by atoms with Crippen LogP contribution in [-0.2, 0) is 4.79 Å². The van der Waals surface area contributed by atoms with Crippen LogP contribution in [0.25, 0.3) is 6.08 Å². The molecule has 42 heavy (non-hydrogen) atoms. The Bertz CT molecular complexity index is 1840. The molecule has 1 amide bonds. The number of amides is 1. The summed E-state index contributed by atoms with van der Waals surface area (Å²) < 4.78 is 24.3. The first-order valence-corrected chi connectivity index (χ1v) is 14.1. The fraction of sp³-hybridized carbons (Fsp3) is 0.219. The van der Waals surface area contributed by atoms with Crippen LogP contribution >= 0.6 is 11.3 Å². The topological polar surface area (TPSA) is 100 Å². The molecule has 4 aromatic rings. The highest BCUT2D eigenvalue weighted by atomic mass is 32.1. The van der Waals surface area contributed by atoms with E-state index in [-0.39, 0.29) is 11.5 Å². The third-order valence-corrected chi connectivity index (χ3v) is 7.80. The SMILES string of the molecule is CCOc1cc(/C=c2\sc3n(c2=O)[C@@H](c2ccc(OC)cc2OC)C(C(=O)Nc2ccccc2)=C(C)N=3)ccc1OC. The number of methoxy groups -OCH3 is 3. The minimum Gasteiger partial charge on any atom is -0.497 e. The zero-order chi connectivity index (χ0) is 29.8. The van der Waals surface area contributed by atoms with E-state index in [1.165, 1.54) is 11.3 Å². The summed E-state index contributed by atoms with van der Waals surface area (Å²) in [5, 5.41) is 2.96. The van der Waals surface area contributed by atoms with Gasteiger partial charge in [-0.05, 0) is 61.9 Å². The first kappa shape index (κ1) is 28.7. The number of anilines is 1. The highest BCUT2D eigenvalue weighted by Gasteiger charge is 2.34. The highest BCUT2D eigenvalue weighted by molar-refractivity contribution is 7.07. The summed E-state index contributed by atoms with van der Waals surface area (Å²) in [7, 11) is 4.69. The fourth-order valence-electron chi connectivity index (χ4n) is 4.87. The van der Waals surface area contributed by atoms with Gasteiger partial charge in [0.15, 0.2) is 16.3 Å². The maximum atomic E-state index is 14.1. The maximum absolute atomic E-state index is 14.1. The van der Waals surface area contributed by atoms with Gasteiger partial charge in [0, 0.05) is 17.3 Å². The Morgan fingerprint density at radius 1 is 0.976 bits per heavy atom. The first-order valence-electron chi connectivity index (χ1n) is 13.3. The van der Waals surface area contributed by atoms with Crippen LogP contribution in [0.3, 0.4) is 0 Å². The number of rotatable bonds is 9. The van der Waals surface area contributed by atoms with Crippen LogP contribution < -0.4 is 39.2 Å². The zero-order valence-corrected chi connectivity index (χ0v) is 24.8. The van der Waals surface area contributed by atoms with Crippen LogP contribution in [0.1, 0.15) is 31.0 Å². The van der Waals surface area contributed by atoms with Crippen molar-refractivity contribution in [3.63, 3.8) is 0 Å². The van der Waals surface area contributed by atoms with Gasteiger partial charge in [0.05, 0.1) is 43.7 Å². The van der Waals surface area contributed by atoms with Crippen molar-refractivity contribution >= 4 is 29.0 Å². The van der Waals surface area contributed by atoms with Gasteiger partial charge in [-0.1, -0.05) is 35.6 Å². The molecule has 0 radical (unpaired) electrons. The number of hydrogen-bond acceptors (Lipinski definition) is 8. The van der Waals surface area contributed by atoms with E-state index in [4.69, 9.17) is 23.9 Å². The van der Waals surface area contributed by atoms with Crippen molar-refractivity contribution in [2.75, 3.05) is 33.3 Å². The second-order valence-corrected chi connectivity index (χ2v) is 10.4. The zero-order valence-electron chi connectivity index (χ0n) is 24.0. The minimum atomic E-state index is -0.803. The molecule has 3 aromatic carbocycles. The minimum absolute atomic E-state index is 0.284. The molecule has 0 fully saturated rings. The monoisotopic (exact) mass is 585 g/mol. The lowest BCUT2D eigenvalue weighted by Crippen LogP contribution is -2.40. The summed E-state index contributed by atoms with van der Waals surface area (Å²) in [6.07, 6.45) is 1.79. The van der Waals surface area contributed by atoms with Crippen LogP contribution in [0.15, 0.2) is 87.8 Å². The van der Waals surface area contributed by atoms with Crippen LogP contribution in [0, 0.1) is 0 Å². The Morgan fingerprint density at radius 3 is 2.43 bits per heavy atom. The van der Waals surface area contributed by atoms with Crippen LogP contribution in [0.2, 0.25) is 0 Å². The van der Waals surface area contributed by atoms with Crippen molar-refractivity contribution in [2.45, 2.75) is 19.9 Å². The largest absolute Gasteiger partial charge is 0.497 e. The summed E-state index contributed by atoms with van der Waals surface area (Å²) >= 11 is 1.25. The Balaban J connectivity index is 1.70. The van der Waals surface area contributed by atoms with Crippen molar-refractivity contribution in [3.05, 3.63) is 109 Å². The number of thiazole rings is 1. The third kappa shape index (κ3) is 5.53. The molecule has 2 heterocycles. The third-order valence-electron chi connectivity index (χ3n) is 6.82. The molecular weight excluding hydrogens is 554 g/mol. The number of hydrogen-bond donors (Lipinski definition) is 1. The number of carbonyl (C=O) groups excluding carboxylic acids is 1. The van der Waals surface area contributed by atoms with Gasteiger partial charge >= 0.3 is 0 Å². The van der Waals surface area contributed by atoms with E-state index >= 15 is 0 Å². The van der Waals surface area contributed by atoms with Crippen molar-refractivity contribution in [3.8, 4) is 23.0 Å². The van der Waals surface area contributed by atoms with Gasteiger partial charge in [0.25, 0.3) is 11.5 Å². The van der Waals surface area contributed by atoms with Gasteiger partial charge in [-0.2, -0.15) is 0 Å². The molecule has 9 nitrogen and oxygen atoms in total. The van der Waals surface area contributed by atoms with Gasteiger partial charge < -0.3 is 24.3 Å². The Kier molecular flexibility index (Phi) is 8.44. The summed E-state index contributed by atoms with van der Waals surface area (Å²) in [5.41, 5.74) is 2.58. The van der Waals surface area contributed by atoms with Gasteiger partial charge in [0.1, 0.15) is 17.5 Å². The second-order valence-electron chi connectivity index (χ2n) is 9.35. The number of nitrogens with one attached hydrogen (secondary N) is 1. The number of carbonyl (C=O) groups is 1. The average molecular weight is 586 g/mol. The predicted octanol–water partition coefficient (Wildman–Crippen LogP) is 4.30.